The molecule has 5 heteroatoms. The average Bonchev–Trinajstić information content (AvgIpc) is 2.72. The van der Waals surface area contributed by atoms with Gasteiger partial charge in [-0.25, -0.2) is 4.98 Å². The largest absolute Gasteiger partial charge is 0.508 e. The fourth-order valence-corrected chi connectivity index (χ4v) is 2.14. The Hall–Kier alpha value is -1.88. The molecule has 1 aromatic heterocycles. The minimum Gasteiger partial charge on any atom is -0.508 e. The number of benzene rings is 1. The van der Waals surface area contributed by atoms with E-state index in [2.05, 4.69) is 10.3 Å². The summed E-state index contributed by atoms with van der Waals surface area (Å²) in [6.07, 6.45) is 1.75. The van der Waals surface area contributed by atoms with Crippen LogP contribution in [-0.4, -0.2) is 16.0 Å². The number of aromatic nitrogens is 1. The molecule has 88 valence electrons. The second-order valence-electron chi connectivity index (χ2n) is 3.58. The van der Waals surface area contributed by atoms with E-state index in [1.54, 1.807) is 29.7 Å². The van der Waals surface area contributed by atoms with Gasteiger partial charge in [-0.15, -0.1) is 11.3 Å². The van der Waals surface area contributed by atoms with Crippen molar-refractivity contribution in [3.63, 3.8) is 0 Å². The lowest BCUT2D eigenvalue weighted by Gasteiger charge is -2.03. The first-order valence-electron chi connectivity index (χ1n) is 5.13. The highest BCUT2D eigenvalue weighted by Gasteiger charge is 2.06. The number of hydrogen-bond acceptors (Lipinski definition) is 4. The van der Waals surface area contributed by atoms with E-state index in [0.717, 1.165) is 9.88 Å². The van der Waals surface area contributed by atoms with Gasteiger partial charge in [0, 0.05) is 16.6 Å². The Bertz CT molecular complexity index is 537. The van der Waals surface area contributed by atoms with Gasteiger partial charge in [0.1, 0.15) is 5.75 Å². The summed E-state index contributed by atoms with van der Waals surface area (Å²) in [4.78, 5) is 16.9. The van der Waals surface area contributed by atoms with Crippen LogP contribution in [0.3, 0.4) is 0 Å². The van der Waals surface area contributed by atoms with Crippen molar-refractivity contribution < 1.29 is 9.90 Å². The average molecular weight is 248 g/mol. The highest BCUT2D eigenvalue weighted by molar-refractivity contribution is 7.11. The van der Waals surface area contributed by atoms with Crippen molar-refractivity contribution in [2.75, 3.05) is 0 Å². The number of phenolic OH excluding ortho intramolecular Hbond substituents is 1. The number of carbonyl (C=O) groups is 1. The Morgan fingerprint density at radius 3 is 3.00 bits per heavy atom. The van der Waals surface area contributed by atoms with Crippen LogP contribution in [0, 0.1) is 6.92 Å². The predicted octanol–water partition coefficient (Wildman–Crippen LogP) is 2.09. The van der Waals surface area contributed by atoms with Crippen LogP contribution in [0.5, 0.6) is 5.75 Å². The zero-order chi connectivity index (χ0) is 12.3. The molecule has 2 N–H and O–H groups in total. The van der Waals surface area contributed by atoms with E-state index in [9.17, 15) is 9.90 Å². The quantitative estimate of drug-likeness (QED) is 0.874. The Morgan fingerprint density at radius 2 is 2.35 bits per heavy atom. The second kappa shape index (κ2) is 4.97. The van der Waals surface area contributed by atoms with Crippen molar-refractivity contribution in [2.24, 2.45) is 0 Å². The molecule has 0 fully saturated rings. The number of nitrogens with one attached hydrogen (secondary N) is 1. The fourth-order valence-electron chi connectivity index (χ4n) is 1.40. The molecule has 0 atom stereocenters. The molecule has 2 aromatic rings. The first-order chi connectivity index (χ1) is 8.15. The predicted molar refractivity (Wildman–Crippen MR) is 66.1 cm³/mol. The van der Waals surface area contributed by atoms with Crippen LogP contribution in [0.4, 0.5) is 0 Å². The zero-order valence-corrected chi connectivity index (χ0v) is 10.1. The molecule has 4 nitrogen and oxygen atoms in total. The summed E-state index contributed by atoms with van der Waals surface area (Å²) in [6.45, 7) is 2.38. The molecule has 0 aliphatic carbocycles. The van der Waals surface area contributed by atoms with Crippen LogP contribution >= 0.6 is 11.3 Å². The summed E-state index contributed by atoms with van der Waals surface area (Å²) >= 11 is 1.55. The van der Waals surface area contributed by atoms with E-state index in [0.29, 0.717) is 12.1 Å². The third-order valence-electron chi connectivity index (χ3n) is 2.20. The highest BCUT2D eigenvalue weighted by Crippen LogP contribution is 2.13. The Morgan fingerprint density at radius 1 is 1.53 bits per heavy atom. The van der Waals surface area contributed by atoms with Gasteiger partial charge in [0.05, 0.1) is 11.6 Å². The van der Waals surface area contributed by atoms with Crippen molar-refractivity contribution in [3.8, 4) is 5.75 Å². The van der Waals surface area contributed by atoms with E-state index < -0.39 is 0 Å². The maximum Gasteiger partial charge on any atom is 0.251 e. The van der Waals surface area contributed by atoms with Gasteiger partial charge in [-0.1, -0.05) is 6.07 Å². The van der Waals surface area contributed by atoms with E-state index >= 15 is 0 Å². The van der Waals surface area contributed by atoms with Crippen molar-refractivity contribution in [3.05, 3.63) is 45.9 Å². The van der Waals surface area contributed by atoms with E-state index in [1.165, 1.54) is 12.1 Å². The van der Waals surface area contributed by atoms with Crippen LogP contribution in [0.25, 0.3) is 0 Å². The second-order valence-corrected chi connectivity index (χ2v) is 4.90. The van der Waals surface area contributed by atoms with Crippen LogP contribution in [-0.2, 0) is 6.54 Å². The summed E-state index contributed by atoms with van der Waals surface area (Å²) in [6, 6.07) is 6.27. The molecule has 1 heterocycles. The first kappa shape index (κ1) is 11.6. The van der Waals surface area contributed by atoms with E-state index in [4.69, 9.17) is 0 Å². The van der Waals surface area contributed by atoms with Crippen LogP contribution in [0.1, 0.15) is 20.2 Å². The summed E-state index contributed by atoms with van der Waals surface area (Å²) in [5.74, 6) is -0.113. The molecular weight excluding hydrogens is 236 g/mol. The number of rotatable bonds is 3. The lowest BCUT2D eigenvalue weighted by Crippen LogP contribution is -2.22. The van der Waals surface area contributed by atoms with Crippen LogP contribution in [0.2, 0.25) is 0 Å². The van der Waals surface area contributed by atoms with Gasteiger partial charge >= 0.3 is 0 Å². The third-order valence-corrected chi connectivity index (χ3v) is 3.11. The van der Waals surface area contributed by atoms with Gasteiger partial charge in [0.2, 0.25) is 0 Å². The number of aryl methyl sites for hydroxylation is 1. The van der Waals surface area contributed by atoms with Crippen LogP contribution in [0.15, 0.2) is 30.5 Å². The number of hydrogen-bond donors (Lipinski definition) is 2. The molecule has 17 heavy (non-hydrogen) atoms. The summed E-state index contributed by atoms with van der Waals surface area (Å²) in [5.41, 5.74) is 0.450. The topological polar surface area (TPSA) is 62.2 Å². The molecule has 0 saturated heterocycles. The Balaban J connectivity index is 1.98. The number of carbonyl (C=O) groups excluding carboxylic acids is 1. The Kier molecular flexibility index (Phi) is 3.39. The summed E-state index contributed by atoms with van der Waals surface area (Å²) in [7, 11) is 0. The van der Waals surface area contributed by atoms with Gasteiger partial charge < -0.3 is 10.4 Å². The monoisotopic (exact) mass is 248 g/mol. The molecule has 0 spiro atoms. The van der Waals surface area contributed by atoms with Gasteiger partial charge in [-0.2, -0.15) is 0 Å². The van der Waals surface area contributed by atoms with Crippen molar-refractivity contribution in [2.45, 2.75) is 13.5 Å². The van der Waals surface area contributed by atoms with Crippen LogP contribution < -0.4 is 5.32 Å². The maximum atomic E-state index is 11.7. The molecule has 0 saturated carbocycles. The molecule has 1 amide bonds. The molecule has 1 aromatic carbocycles. The molecule has 0 aliphatic heterocycles. The fraction of sp³-hybridized carbons (Fsp3) is 0.167. The van der Waals surface area contributed by atoms with Gasteiger partial charge in [-0.3, -0.25) is 4.79 Å². The standard InChI is InChI=1S/C12H12N2O2S/c1-8-13-6-11(17-8)7-14-12(16)9-3-2-4-10(15)5-9/h2-6,15H,7H2,1H3,(H,14,16). The first-order valence-corrected chi connectivity index (χ1v) is 5.95. The Labute approximate surface area is 103 Å². The summed E-state index contributed by atoms with van der Waals surface area (Å²) in [5, 5.41) is 13.0. The van der Waals surface area contributed by atoms with E-state index in [-0.39, 0.29) is 11.7 Å². The third kappa shape index (κ3) is 3.04. The van der Waals surface area contributed by atoms with Gasteiger partial charge in [0.15, 0.2) is 0 Å². The van der Waals surface area contributed by atoms with Crippen molar-refractivity contribution in [1.29, 1.82) is 0 Å². The number of aromatic hydroxyl groups is 1. The molecule has 2 rings (SSSR count). The lowest BCUT2D eigenvalue weighted by molar-refractivity contribution is 0.0951. The number of nitrogens with zero attached hydrogens (tertiary/aromatic N) is 1. The minimum absolute atomic E-state index is 0.0892. The number of amides is 1. The maximum absolute atomic E-state index is 11.7. The molecular formula is C12H12N2O2S. The van der Waals surface area contributed by atoms with E-state index in [1.807, 2.05) is 6.92 Å². The van der Waals surface area contributed by atoms with Gasteiger partial charge in [0.25, 0.3) is 5.91 Å². The molecule has 0 unspecified atom stereocenters. The van der Waals surface area contributed by atoms with Crippen molar-refractivity contribution in [1.82, 2.24) is 10.3 Å². The number of phenols is 1. The smallest absolute Gasteiger partial charge is 0.251 e. The molecule has 0 radical (unpaired) electrons. The molecule has 0 aliphatic rings. The molecule has 0 bridgehead atoms. The van der Waals surface area contributed by atoms with Gasteiger partial charge in [-0.05, 0) is 25.1 Å². The van der Waals surface area contributed by atoms with Crippen molar-refractivity contribution >= 4 is 17.2 Å². The SMILES string of the molecule is Cc1ncc(CNC(=O)c2cccc(O)c2)s1. The zero-order valence-electron chi connectivity index (χ0n) is 9.30. The lowest BCUT2D eigenvalue weighted by atomic mass is 10.2. The minimum atomic E-state index is -0.202. The highest BCUT2D eigenvalue weighted by atomic mass is 32.1. The number of thiazole rings is 1. The normalized spacial score (nSPS) is 10.2. The summed E-state index contributed by atoms with van der Waals surface area (Å²) < 4.78 is 0.